The van der Waals surface area contributed by atoms with Crippen LogP contribution in [0.4, 0.5) is 5.00 Å². The SMILES string of the molecule is COC(=O)c1sc(NC(=O)c2ccn(Cn3nnc(-c4ccccc4)n3)n2)c(C(=O)OC)c1C. The monoisotopic (exact) mass is 481 g/mol. The second kappa shape index (κ2) is 9.62. The predicted octanol–water partition coefficient (Wildman–Crippen LogP) is 2.24. The number of esters is 2. The number of aromatic nitrogens is 6. The number of nitrogens with zero attached hydrogens (tertiary/aromatic N) is 6. The highest BCUT2D eigenvalue weighted by atomic mass is 32.1. The molecule has 174 valence electrons. The summed E-state index contributed by atoms with van der Waals surface area (Å²) in [5, 5.41) is 19.4. The highest BCUT2D eigenvalue weighted by molar-refractivity contribution is 7.18. The van der Waals surface area contributed by atoms with Gasteiger partial charge in [-0.05, 0) is 23.8 Å². The van der Waals surface area contributed by atoms with Crippen LogP contribution in [0.25, 0.3) is 11.4 Å². The number of thiophene rings is 1. The van der Waals surface area contributed by atoms with Crippen LogP contribution in [0.3, 0.4) is 0 Å². The van der Waals surface area contributed by atoms with Gasteiger partial charge in [-0.25, -0.2) is 14.3 Å². The Morgan fingerprint density at radius 1 is 1.03 bits per heavy atom. The molecule has 0 radical (unpaired) electrons. The van der Waals surface area contributed by atoms with Gasteiger partial charge in [0.05, 0.1) is 19.8 Å². The minimum atomic E-state index is -0.684. The molecule has 3 aromatic heterocycles. The number of amides is 1. The Morgan fingerprint density at radius 3 is 2.47 bits per heavy atom. The lowest BCUT2D eigenvalue weighted by molar-refractivity contribution is 0.0601. The maximum absolute atomic E-state index is 12.8. The molecular formula is C21H19N7O5S. The summed E-state index contributed by atoms with van der Waals surface area (Å²) >= 11 is 0.921. The number of tetrazole rings is 1. The molecule has 0 fully saturated rings. The summed E-state index contributed by atoms with van der Waals surface area (Å²) in [7, 11) is 2.45. The predicted molar refractivity (Wildman–Crippen MR) is 121 cm³/mol. The fourth-order valence-corrected chi connectivity index (χ4v) is 4.21. The first-order valence-corrected chi connectivity index (χ1v) is 10.7. The molecule has 0 aliphatic rings. The number of ether oxygens (including phenoxy) is 2. The Morgan fingerprint density at radius 2 is 1.76 bits per heavy atom. The second-order valence-corrected chi connectivity index (χ2v) is 7.95. The van der Waals surface area contributed by atoms with Crippen molar-refractivity contribution in [2.45, 2.75) is 13.6 Å². The largest absolute Gasteiger partial charge is 0.465 e. The Bertz CT molecular complexity index is 1360. The lowest BCUT2D eigenvalue weighted by Crippen LogP contribution is -2.17. The molecule has 1 amide bonds. The van der Waals surface area contributed by atoms with Gasteiger partial charge in [0.1, 0.15) is 9.88 Å². The third-order valence-electron chi connectivity index (χ3n) is 4.76. The topological polar surface area (TPSA) is 143 Å². The molecule has 4 aromatic rings. The molecular weight excluding hydrogens is 462 g/mol. The zero-order valence-corrected chi connectivity index (χ0v) is 19.2. The van der Waals surface area contributed by atoms with Crippen LogP contribution >= 0.6 is 11.3 Å². The van der Waals surface area contributed by atoms with Crippen LogP contribution in [-0.2, 0) is 16.1 Å². The Balaban J connectivity index is 1.51. The number of carbonyl (C=O) groups is 3. The van der Waals surface area contributed by atoms with Gasteiger partial charge < -0.3 is 14.8 Å². The molecule has 1 aromatic carbocycles. The lowest BCUT2D eigenvalue weighted by atomic mass is 10.1. The fourth-order valence-electron chi connectivity index (χ4n) is 3.10. The normalized spacial score (nSPS) is 10.7. The summed E-state index contributed by atoms with van der Waals surface area (Å²) in [6.45, 7) is 1.71. The number of hydrogen-bond acceptors (Lipinski definition) is 10. The van der Waals surface area contributed by atoms with E-state index in [0.717, 1.165) is 16.9 Å². The summed E-state index contributed by atoms with van der Waals surface area (Å²) in [5.74, 6) is -1.41. The Hall–Kier alpha value is -4.39. The van der Waals surface area contributed by atoms with Gasteiger partial charge in [-0.3, -0.25) is 4.79 Å². The molecule has 1 N–H and O–H groups in total. The van der Waals surface area contributed by atoms with Crippen molar-refractivity contribution in [3.63, 3.8) is 0 Å². The van der Waals surface area contributed by atoms with Gasteiger partial charge in [0.15, 0.2) is 12.4 Å². The minimum Gasteiger partial charge on any atom is -0.465 e. The van der Waals surface area contributed by atoms with Crippen LogP contribution in [0, 0.1) is 6.92 Å². The summed E-state index contributed by atoms with van der Waals surface area (Å²) in [6.07, 6.45) is 1.58. The van der Waals surface area contributed by atoms with Gasteiger partial charge in [0.2, 0.25) is 5.82 Å². The van der Waals surface area contributed by atoms with E-state index in [0.29, 0.717) is 11.4 Å². The summed E-state index contributed by atoms with van der Waals surface area (Å²) in [5.41, 5.74) is 1.36. The van der Waals surface area contributed by atoms with E-state index in [4.69, 9.17) is 9.47 Å². The van der Waals surface area contributed by atoms with Crippen molar-refractivity contribution < 1.29 is 23.9 Å². The number of rotatable bonds is 7. The molecule has 0 unspecified atom stereocenters. The van der Waals surface area contributed by atoms with E-state index in [1.807, 2.05) is 30.3 Å². The number of methoxy groups -OCH3 is 2. The number of hydrogen-bond donors (Lipinski definition) is 1. The molecule has 0 spiro atoms. The molecule has 0 saturated carbocycles. The summed E-state index contributed by atoms with van der Waals surface area (Å²) < 4.78 is 11.0. The second-order valence-electron chi connectivity index (χ2n) is 6.93. The lowest BCUT2D eigenvalue weighted by Gasteiger charge is -2.04. The van der Waals surface area contributed by atoms with E-state index in [9.17, 15) is 14.4 Å². The Labute approximate surface area is 197 Å². The third-order valence-corrected chi connectivity index (χ3v) is 5.95. The van der Waals surface area contributed by atoms with Crippen LogP contribution < -0.4 is 5.32 Å². The number of anilines is 1. The number of benzene rings is 1. The van der Waals surface area contributed by atoms with Crippen molar-refractivity contribution in [2.24, 2.45) is 0 Å². The van der Waals surface area contributed by atoms with E-state index in [-0.39, 0.29) is 27.8 Å². The van der Waals surface area contributed by atoms with Crippen LogP contribution in [0.5, 0.6) is 0 Å². The average Bonchev–Trinajstić information content (AvgIpc) is 3.58. The van der Waals surface area contributed by atoms with Gasteiger partial charge in [-0.2, -0.15) is 5.10 Å². The van der Waals surface area contributed by atoms with Crippen molar-refractivity contribution in [1.29, 1.82) is 0 Å². The minimum absolute atomic E-state index is 0.0842. The van der Waals surface area contributed by atoms with Crippen LogP contribution in [0.15, 0.2) is 42.6 Å². The molecule has 12 nitrogen and oxygen atoms in total. The van der Waals surface area contributed by atoms with Crippen molar-refractivity contribution in [2.75, 3.05) is 19.5 Å². The van der Waals surface area contributed by atoms with E-state index >= 15 is 0 Å². The van der Waals surface area contributed by atoms with Crippen molar-refractivity contribution in [1.82, 2.24) is 30.0 Å². The number of nitrogens with one attached hydrogen (secondary N) is 1. The molecule has 3 heterocycles. The van der Waals surface area contributed by atoms with Gasteiger partial charge in [-0.15, -0.1) is 26.3 Å². The molecule has 0 bridgehead atoms. The first-order valence-electron chi connectivity index (χ1n) is 9.89. The van der Waals surface area contributed by atoms with Crippen molar-refractivity contribution >= 4 is 34.2 Å². The summed E-state index contributed by atoms with van der Waals surface area (Å²) in [4.78, 5) is 38.6. The van der Waals surface area contributed by atoms with Gasteiger partial charge >= 0.3 is 11.9 Å². The zero-order valence-electron chi connectivity index (χ0n) is 18.4. The molecule has 13 heteroatoms. The van der Waals surface area contributed by atoms with Crippen LogP contribution in [0.2, 0.25) is 0 Å². The molecule has 0 atom stereocenters. The molecule has 34 heavy (non-hydrogen) atoms. The highest BCUT2D eigenvalue weighted by Crippen LogP contribution is 2.34. The van der Waals surface area contributed by atoms with Crippen molar-refractivity contribution in [3.05, 3.63) is 64.3 Å². The zero-order chi connectivity index (χ0) is 24.2. The van der Waals surface area contributed by atoms with Crippen LogP contribution in [-0.4, -0.2) is 62.1 Å². The maximum Gasteiger partial charge on any atom is 0.348 e. The first kappa shape index (κ1) is 22.8. The molecule has 4 rings (SSSR count). The Kier molecular flexibility index (Phi) is 6.45. The summed E-state index contributed by atoms with van der Waals surface area (Å²) in [6, 6.07) is 10.9. The average molecular weight is 481 g/mol. The number of carbonyl (C=O) groups excluding carboxylic acids is 3. The van der Waals surface area contributed by atoms with E-state index in [2.05, 4.69) is 25.8 Å². The first-order chi connectivity index (χ1) is 16.4. The molecule has 0 saturated heterocycles. The standard InChI is InChI=1S/C21H19N7O5S/c1-12-15(20(30)32-2)19(34-16(12)21(31)33-3)22-18(29)14-9-10-27(24-14)11-28-25-17(23-26-28)13-7-5-4-6-8-13/h4-10H,11H2,1-3H3,(H,22,29). The smallest absolute Gasteiger partial charge is 0.348 e. The van der Waals surface area contributed by atoms with E-state index < -0.39 is 17.8 Å². The van der Waals surface area contributed by atoms with Gasteiger partial charge in [-0.1, -0.05) is 30.3 Å². The molecule has 0 aliphatic carbocycles. The fraction of sp³-hybridized carbons (Fsp3) is 0.190. The third kappa shape index (κ3) is 4.54. The molecule has 0 aliphatic heterocycles. The van der Waals surface area contributed by atoms with E-state index in [1.165, 1.54) is 29.8 Å². The van der Waals surface area contributed by atoms with Crippen LogP contribution in [0.1, 0.15) is 36.1 Å². The van der Waals surface area contributed by atoms with E-state index in [1.54, 1.807) is 13.1 Å². The van der Waals surface area contributed by atoms with Gasteiger partial charge in [0.25, 0.3) is 5.91 Å². The van der Waals surface area contributed by atoms with Crippen molar-refractivity contribution in [3.8, 4) is 11.4 Å². The maximum atomic E-state index is 12.8. The highest BCUT2D eigenvalue weighted by Gasteiger charge is 2.27. The van der Waals surface area contributed by atoms with Gasteiger partial charge in [0, 0.05) is 11.8 Å². The quantitative estimate of drug-likeness (QED) is 0.393.